The Morgan fingerprint density at radius 1 is 1.17 bits per heavy atom. The molecule has 0 aliphatic carbocycles. The van der Waals surface area contributed by atoms with Crippen molar-refractivity contribution in [2.24, 2.45) is 11.8 Å². The number of hydrogen-bond donors (Lipinski definition) is 1. The number of nitrogens with zero attached hydrogens (tertiary/aromatic N) is 1. The van der Waals surface area contributed by atoms with Gasteiger partial charge in [0.05, 0.1) is 0 Å². The van der Waals surface area contributed by atoms with Crippen molar-refractivity contribution in [1.29, 1.82) is 0 Å². The maximum absolute atomic E-state index is 3.48. The largest absolute Gasteiger partial charge is 0.316 e. The Kier molecular flexibility index (Phi) is 8.28. The first-order valence-corrected chi connectivity index (χ1v) is 10.1. The minimum absolute atomic E-state index is 0.832. The Morgan fingerprint density at radius 3 is 2.62 bits per heavy atom. The molecular weight excluding hydrogens is 292 g/mol. The van der Waals surface area contributed by atoms with Crippen LogP contribution in [0.25, 0.3) is 0 Å². The topological polar surface area (TPSA) is 15.3 Å². The van der Waals surface area contributed by atoms with Crippen molar-refractivity contribution in [3.8, 4) is 0 Å². The third-order valence-corrected chi connectivity index (χ3v) is 5.50. The van der Waals surface area contributed by atoms with E-state index in [0.717, 1.165) is 18.4 Å². The Bertz CT molecular complexity index is 477. The van der Waals surface area contributed by atoms with Crippen LogP contribution in [0.15, 0.2) is 18.2 Å². The van der Waals surface area contributed by atoms with Gasteiger partial charge < -0.3 is 10.2 Å². The van der Waals surface area contributed by atoms with Gasteiger partial charge in [0.15, 0.2) is 0 Å². The molecule has 1 fully saturated rings. The van der Waals surface area contributed by atoms with Crippen molar-refractivity contribution in [2.75, 3.05) is 26.7 Å². The first-order chi connectivity index (χ1) is 11.6. The zero-order valence-corrected chi connectivity index (χ0v) is 16.4. The lowest BCUT2D eigenvalue weighted by atomic mass is 9.92. The maximum atomic E-state index is 3.48. The van der Waals surface area contributed by atoms with E-state index >= 15 is 0 Å². The minimum Gasteiger partial charge on any atom is -0.316 e. The highest BCUT2D eigenvalue weighted by Gasteiger charge is 2.16. The van der Waals surface area contributed by atoms with Crippen molar-refractivity contribution in [2.45, 2.75) is 65.8 Å². The van der Waals surface area contributed by atoms with Gasteiger partial charge in [-0.15, -0.1) is 0 Å². The first kappa shape index (κ1) is 19.5. The van der Waals surface area contributed by atoms with Crippen molar-refractivity contribution in [3.63, 3.8) is 0 Å². The molecule has 1 saturated heterocycles. The molecule has 1 aliphatic rings. The van der Waals surface area contributed by atoms with E-state index < -0.39 is 0 Å². The summed E-state index contributed by atoms with van der Waals surface area (Å²) in [5.74, 6) is 1.73. The Hall–Kier alpha value is -0.860. The van der Waals surface area contributed by atoms with Gasteiger partial charge in [-0.1, -0.05) is 56.9 Å². The van der Waals surface area contributed by atoms with Crippen molar-refractivity contribution < 1.29 is 0 Å². The van der Waals surface area contributed by atoms with Crippen molar-refractivity contribution in [1.82, 2.24) is 10.2 Å². The zero-order chi connectivity index (χ0) is 17.4. The predicted octanol–water partition coefficient (Wildman–Crippen LogP) is 4.80. The summed E-state index contributed by atoms with van der Waals surface area (Å²) in [4.78, 5) is 2.50. The average molecular weight is 331 g/mol. The second-order valence-electron chi connectivity index (χ2n) is 7.98. The van der Waals surface area contributed by atoms with Crippen LogP contribution >= 0.6 is 0 Å². The molecule has 2 nitrogen and oxygen atoms in total. The van der Waals surface area contributed by atoms with Gasteiger partial charge in [-0.05, 0) is 69.3 Å². The molecule has 1 aromatic rings. The van der Waals surface area contributed by atoms with E-state index in [-0.39, 0.29) is 0 Å². The van der Waals surface area contributed by atoms with E-state index in [1.54, 1.807) is 0 Å². The highest BCUT2D eigenvalue weighted by Crippen LogP contribution is 2.20. The third kappa shape index (κ3) is 6.57. The fourth-order valence-corrected chi connectivity index (χ4v) is 4.20. The summed E-state index contributed by atoms with van der Waals surface area (Å²) in [6, 6.07) is 7.22. The summed E-state index contributed by atoms with van der Waals surface area (Å²) in [5.41, 5.74) is 4.44. The van der Waals surface area contributed by atoms with Gasteiger partial charge in [0.1, 0.15) is 0 Å². The molecule has 0 amide bonds. The third-order valence-electron chi connectivity index (χ3n) is 5.50. The summed E-state index contributed by atoms with van der Waals surface area (Å²) < 4.78 is 0. The number of hydrogen-bond acceptors (Lipinski definition) is 2. The van der Waals surface area contributed by atoms with E-state index in [2.05, 4.69) is 56.2 Å². The molecule has 1 aliphatic heterocycles. The summed E-state index contributed by atoms with van der Waals surface area (Å²) in [6.07, 6.45) is 7.94. The lowest BCUT2D eigenvalue weighted by molar-refractivity contribution is 0.278. The number of nitrogens with one attached hydrogen (secondary N) is 1. The SMILES string of the molecule is CCCC(CC)CCc1cc(C)cc(CN(C)CC2CCNC2)c1. The van der Waals surface area contributed by atoms with Gasteiger partial charge in [-0.25, -0.2) is 0 Å². The van der Waals surface area contributed by atoms with E-state index in [0.29, 0.717) is 0 Å². The van der Waals surface area contributed by atoms with Crippen LogP contribution in [0.2, 0.25) is 0 Å². The first-order valence-electron chi connectivity index (χ1n) is 10.1. The lowest BCUT2D eigenvalue weighted by Crippen LogP contribution is -2.26. The molecule has 2 atom stereocenters. The summed E-state index contributed by atoms with van der Waals surface area (Å²) >= 11 is 0. The number of aryl methyl sites for hydroxylation is 2. The van der Waals surface area contributed by atoms with Crippen LogP contribution in [0.3, 0.4) is 0 Å². The highest BCUT2D eigenvalue weighted by molar-refractivity contribution is 5.29. The van der Waals surface area contributed by atoms with Crippen LogP contribution in [0.5, 0.6) is 0 Å². The molecule has 0 saturated carbocycles. The fourth-order valence-electron chi connectivity index (χ4n) is 4.20. The van der Waals surface area contributed by atoms with E-state index in [4.69, 9.17) is 0 Å². The van der Waals surface area contributed by atoms with E-state index in [9.17, 15) is 0 Å². The van der Waals surface area contributed by atoms with Crippen LogP contribution in [0, 0.1) is 18.8 Å². The van der Waals surface area contributed by atoms with Gasteiger partial charge in [-0.3, -0.25) is 0 Å². The average Bonchev–Trinajstić information content (AvgIpc) is 3.03. The molecular formula is C22H38N2. The molecule has 136 valence electrons. The lowest BCUT2D eigenvalue weighted by Gasteiger charge is -2.21. The normalized spacial score (nSPS) is 19.1. The zero-order valence-electron chi connectivity index (χ0n) is 16.4. The van der Waals surface area contributed by atoms with Gasteiger partial charge >= 0.3 is 0 Å². The molecule has 24 heavy (non-hydrogen) atoms. The molecule has 2 rings (SSSR count). The van der Waals surface area contributed by atoms with Crippen molar-refractivity contribution >= 4 is 0 Å². The molecule has 0 radical (unpaired) electrons. The molecule has 2 unspecified atom stereocenters. The van der Waals surface area contributed by atoms with Crippen LogP contribution in [0.1, 0.15) is 62.6 Å². The monoisotopic (exact) mass is 330 g/mol. The quantitative estimate of drug-likeness (QED) is 0.663. The molecule has 0 aromatic heterocycles. The Balaban J connectivity index is 1.89. The predicted molar refractivity (Wildman–Crippen MR) is 105 cm³/mol. The van der Waals surface area contributed by atoms with E-state index in [1.807, 2.05) is 0 Å². The number of benzene rings is 1. The molecule has 0 bridgehead atoms. The fraction of sp³-hybridized carbons (Fsp3) is 0.727. The molecule has 1 heterocycles. The molecule has 1 aromatic carbocycles. The summed E-state index contributed by atoms with van der Waals surface area (Å²) in [7, 11) is 2.27. The van der Waals surface area contributed by atoms with Crippen LogP contribution in [0.4, 0.5) is 0 Å². The van der Waals surface area contributed by atoms with Gasteiger partial charge in [0, 0.05) is 13.1 Å². The molecule has 1 N–H and O–H groups in total. The number of rotatable bonds is 10. The molecule has 2 heteroatoms. The molecule has 0 spiro atoms. The Morgan fingerprint density at radius 2 is 1.96 bits per heavy atom. The van der Waals surface area contributed by atoms with Gasteiger partial charge in [0.2, 0.25) is 0 Å². The summed E-state index contributed by atoms with van der Waals surface area (Å²) in [5, 5.41) is 3.48. The standard InChI is InChI=1S/C22H38N2/c1-5-7-19(6-2)8-9-20-12-18(3)13-22(14-20)17-24(4)16-21-10-11-23-15-21/h12-14,19,21,23H,5-11,15-17H2,1-4H3. The van der Waals surface area contributed by atoms with Crippen molar-refractivity contribution in [3.05, 3.63) is 34.9 Å². The van der Waals surface area contributed by atoms with Crippen LogP contribution < -0.4 is 5.32 Å². The maximum Gasteiger partial charge on any atom is 0.0231 e. The van der Waals surface area contributed by atoms with E-state index in [1.165, 1.54) is 74.8 Å². The smallest absolute Gasteiger partial charge is 0.0231 e. The highest BCUT2D eigenvalue weighted by atomic mass is 15.1. The second kappa shape index (κ2) is 10.2. The minimum atomic E-state index is 0.832. The van der Waals surface area contributed by atoms with Gasteiger partial charge in [0.25, 0.3) is 0 Å². The van der Waals surface area contributed by atoms with Gasteiger partial charge in [-0.2, -0.15) is 0 Å². The summed E-state index contributed by atoms with van der Waals surface area (Å²) in [6.45, 7) is 11.6. The van der Waals surface area contributed by atoms with Crippen LogP contribution in [-0.2, 0) is 13.0 Å². The second-order valence-corrected chi connectivity index (χ2v) is 7.98. The van der Waals surface area contributed by atoms with Crippen LogP contribution in [-0.4, -0.2) is 31.6 Å². The Labute approximate surface area is 150 Å².